The number of carbonyl (C=O) groups is 1. The van der Waals surface area contributed by atoms with E-state index in [9.17, 15) is 4.79 Å². The summed E-state index contributed by atoms with van der Waals surface area (Å²) in [6.07, 6.45) is 4.26. The van der Waals surface area contributed by atoms with Crippen LogP contribution >= 0.6 is 0 Å². The summed E-state index contributed by atoms with van der Waals surface area (Å²) in [4.78, 5) is 23.5. The Morgan fingerprint density at radius 1 is 1.07 bits per heavy atom. The van der Waals surface area contributed by atoms with Gasteiger partial charge in [0.15, 0.2) is 0 Å². The molecule has 28 heavy (non-hydrogen) atoms. The number of benzene rings is 1. The minimum Gasteiger partial charge on any atom is -0.495 e. The van der Waals surface area contributed by atoms with Crippen LogP contribution in [-0.4, -0.2) is 34.4 Å². The predicted molar refractivity (Wildman–Crippen MR) is 106 cm³/mol. The van der Waals surface area contributed by atoms with Gasteiger partial charge in [-0.05, 0) is 47.9 Å². The molecule has 0 N–H and O–H groups in total. The predicted octanol–water partition coefficient (Wildman–Crippen LogP) is 3.08. The molecule has 0 spiro atoms. The molecule has 0 unspecified atom stereocenters. The molecule has 138 valence electrons. The number of ether oxygens (including phenoxy) is 1. The average molecular weight is 369 g/mol. The molecule has 0 aliphatic carbocycles. The maximum absolute atomic E-state index is 13.0. The van der Waals surface area contributed by atoms with E-state index in [4.69, 9.17) is 4.74 Å². The highest BCUT2D eigenvalue weighted by molar-refractivity contribution is 5.95. The first kappa shape index (κ1) is 17.7. The van der Waals surface area contributed by atoms with E-state index in [1.165, 1.54) is 0 Å². The Balaban J connectivity index is 1.60. The molecule has 0 saturated carbocycles. The number of nitrogens with zero attached hydrogens (tertiary/aromatic N) is 3. The summed E-state index contributed by atoms with van der Waals surface area (Å²) >= 11 is 0. The Labute approximate surface area is 164 Å². The highest BCUT2D eigenvalue weighted by Gasteiger charge is 2.22. The lowest BCUT2D eigenvalue weighted by molar-refractivity contribution is 0.0733. The maximum atomic E-state index is 13.0. The van der Waals surface area contributed by atoms with Gasteiger partial charge in [0.05, 0.1) is 12.7 Å². The van der Waals surface area contributed by atoms with E-state index >= 15 is 0 Å². The van der Waals surface area contributed by atoms with Gasteiger partial charge in [-0.1, -0.05) is 18.1 Å². The van der Waals surface area contributed by atoms with Crippen LogP contribution in [0.15, 0.2) is 60.9 Å². The van der Waals surface area contributed by atoms with Crippen molar-refractivity contribution in [1.29, 1.82) is 0 Å². The minimum absolute atomic E-state index is 0.0157. The van der Waals surface area contributed by atoms with E-state index in [0.29, 0.717) is 35.7 Å². The van der Waals surface area contributed by atoms with Gasteiger partial charge in [0.2, 0.25) is 0 Å². The molecular weight excluding hydrogens is 350 g/mol. The Morgan fingerprint density at radius 3 is 2.79 bits per heavy atom. The zero-order valence-electron chi connectivity index (χ0n) is 15.6. The maximum Gasteiger partial charge on any atom is 0.254 e. The third kappa shape index (κ3) is 3.72. The standard InChI is InChI=1S/C23H19N3O2/c1-28-22-10-8-18(15-17(22)7-9-20-6-2-3-12-24-20)23(27)26-14-11-21-19(16-26)5-4-13-25-21/h2-6,8,10,12-13,15H,11,14,16H2,1H3. The molecule has 5 nitrogen and oxygen atoms in total. The lowest BCUT2D eigenvalue weighted by Gasteiger charge is -2.28. The van der Waals surface area contributed by atoms with Gasteiger partial charge in [-0.15, -0.1) is 0 Å². The van der Waals surface area contributed by atoms with Crippen molar-refractivity contribution in [3.63, 3.8) is 0 Å². The van der Waals surface area contributed by atoms with Crippen molar-refractivity contribution in [2.45, 2.75) is 13.0 Å². The second kappa shape index (κ2) is 7.93. The first-order chi connectivity index (χ1) is 13.7. The lowest BCUT2D eigenvalue weighted by Crippen LogP contribution is -2.36. The fraction of sp³-hybridized carbons (Fsp3) is 0.174. The first-order valence-corrected chi connectivity index (χ1v) is 9.08. The molecule has 4 rings (SSSR count). The van der Waals surface area contributed by atoms with Crippen molar-refractivity contribution in [3.8, 4) is 17.6 Å². The van der Waals surface area contributed by atoms with Crippen molar-refractivity contribution in [2.75, 3.05) is 13.7 Å². The monoisotopic (exact) mass is 369 g/mol. The van der Waals surface area contributed by atoms with E-state index in [1.807, 2.05) is 35.2 Å². The molecule has 0 bridgehead atoms. The number of rotatable bonds is 2. The van der Waals surface area contributed by atoms with Crippen molar-refractivity contribution < 1.29 is 9.53 Å². The van der Waals surface area contributed by atoms with E-state index in [1.54, 1.807) is 37.7 Å². The van der Waals surface area contributed by atoms with Crippen molar-refractivity contribution in [3.05, 3.63) is 89.0 Å². The summed E-state index contributed by atoms with van der Waals surface area (Å²) in [7, 11) is 1.59. The topological polar surface area (TPSA) is 55.3 Å². The van der Waals surface area contributed by atoms with E-state index in [-0.39, 0.29) is 5.91 Å². The zero-order valence-corrected chi connectivity index (χ0v) is 15.6. The van der Waals surface area contributed by atoms with Crippen LogP contribution in [0.1, 0.15) is 32.9 Å². The molecule has 1 aliphatic rings. The summed E-state index contributed by atoms with van der Waals surface area (Å²) in [6, 6.07) is 14.9. The van der Waals surface area contributed by atoms with E-state index < -0.39 is 0 Å². The van der Waals surface area contributed by atoms with Gasteiger partial charge in [0.25, 0.3) is 5.91 Å². The Morgan fingerprint density at radius 2 is 1.96 bits per heavy atom. The number of methoxy groups -OCH3 is 1. The van der Waals surface area contributed by atoms with Crippen molar-refractivity contribution in [2.24, 2.45) is 0 Å². The van der Waals surface area contributed by atoms with Gasteiger partial charge in [0, 0.05) is 43.2 Å². The molecule has 0 atom stereocenters. The summed E-state index contributed by atoms with van der Waals surface area (Å²) in [5.41, 5.74) is 4.10. The SMILES string of the molecule is COc1ccc(C(=O)N2CCc3ncccc3C2)cc1C#Cc1ccccn1. The van der Waals surface area contributed by atoms with Gasteiger partial charge in [-0.2, -0.15) is 0 Å². The van der Waals surface area contributed by atoms with E-state index in [0.717, 1.165) is 17.7 Å². The molecule has 1 amide bonds. The molecular formula is C23H19N3O2. The summed E-state index contributed by atoms with van der Waals surface area (Å²) in [6.45, 7) is 1.23. The molecule has 1 aliphatic heterocycles. The molecule has 0 fully saturated rings. The van der Waals surface area contributed by atoms with Gasteiger partial charge in [-0.25, -0.2) is 4.98 Å². The van der Waals surface area contributed by atoms with Gasteiger partial charge < -0.3 is 9.64 Å². The zero-order chi connectivity index (χ0) is 19.3. The highest BCUT2D eigenvalue weighted by atomic mass is 16.5. The molecule has 1 aromatic carbocycles. The Hall–Kier alpha value is -3.65. The molecule has 2 aromatic heterocycles. The van der Waals surface area contributed by atoms with E-state index in [2.05, 4.69) is 21.8 Å². The number of carbonyl (C=O) groups excluding carboxylic acids is 1. The second-order valence-electron chi connectivity index (χ2n) is 6.47. The molecule has 0 radical (unpaired) electrons. The second-order valence-corrected chi connectivity index (χ2v) is 6.47. The van der Waals surface area contributed by atoms with Crippen LogP contribution in [-0.2, 0) is 13.0 Å². The molecule has 5 heteroatoms. The number of fused-ring (bicyclic) bond motifs is 1. The number of hydrogen-bond donors (Lipinski definition) is 0. The van der Waals surface area contributed by atoms with Crippen LogP contribution in [0.5, 0.6) is 5.75 Å². The fourth-order valence-corrected chi connectivity index (χ4v) is 3.23. The Bertz CT molecular complexity index is 1070. The van der Waals surface area contributed by atoms with Gasteiger partial charge in [0.1, 0.15) is 11.4 Å². The number of pyridine rings is 2. The summed E-state index contributed by atoms with van der Waals surface area (Å²) < 4.78 is 5.40. The van der Waals surface area contributed by atoms with Crippen molar-refractivity contribution >= 4 is 5.91 Å². The fourth-order valence-electron chi connectivity index (χ4n) is 3.23. The minimum atomic E-state index is -0.0157. The molecule has 3 heterocycles. The lowest BCUT2D eigenvalue weighted by atomic mass is 10.0. The van der Waals surface area contributed by atoms with Crippen LogP contribution in [0.2, 0.25) is 0 Å². The number of aromatic nitrogens is 2. The summed E-state index contributed by atoms with van der Waals surface area (Å²) in [5.74, 6) is 6.71. The van der Waals surface area contributed by atoms with Gasteiger partial charge in [-0.3, -0.25) is 9.78 Å². The highest BCUT2D eigenvalue weighted by Crippen LogP contribution is 2.23. The van der Waals surface area contributed by atoms with Crippen LogP contribution in [0.25, 0.3) is 0 Å². The van der Waals surface area contributed by atoms with Crippen LogP contribution < -0.4 is 4.74 Å². The van der Waals surface area contributed by atoms with Gasteiger partial charge >= 0.3 is 0 Å². The third-order valence-corrected chi connectivity index (χ3v) is 4.69. The van der Waals surface area contributed by atoms with Crippen LogP contribution in [0.3, 0.4) is 0 Å². The Kier molecular flexibility index (Phi) is 5.03. The largest absolute Gasteiger partial charge is 0.495 e. The summed E-state index contributed by atoms with van der Waals surface area (Å²) in [5, 5.41) is 0. The number of hydrogen-bond acceptors (Lipinski definition) is 4. The third-order valence-electron chi connectivity index (χ3n) is 4.69. The number of amides is 1. The quantitative estimate of drug-likeness (QED) is 0.652. The smallest absolute Gasteiger partial charge is 0.254 e. The van der Waals surface area contributed by atoms with Crippen molar-refractivity contribution in [1.82, 2.24) is 14.9 Å². The molecule has 0 saturated heterocycles. The molecule has 3 aromatic rings. The normalized spacial score (nSPS) is 12.5. The first-order valence-electron chi connectivity index (χ1n) is 9.08. The van der Waals surface area contributed by atoms with Crippen LogP contribution in [0.4, 0.5) is 0 Å². The van der Waals surface area contributed by atoms with Crippen LogP contribution in [0, 0.1) is 11.8 Å². The average Bonchev–Trinajstić information content (AvgIpc) is 2.77.